The smallest absolute Gasteiger partial charge is 0.250 e. The van der Waals surface area contributed by atoms with Crippen LogP contribution in [0.3, 0.4) is 0 Å². The molecule has 0 atom stereocenters. The Hall–Kier alpha value is -1.48. The lowest BCUT2D eigenvalue weighted by Gasteiger charge is -2.07. The van der Waals surface area contributed by atoms with Crippen molar-refractivity contribution >= 4 is 38.9 Å². The first-order chi connectivity index (χ1) is 10.9. The summed E-state index contributed by atoms with van der Waals surface area (Å²) in [7, 11) is -3.74. The highest BCUT2D eigenvalue weighted by Gasteiger charge is 2.17. The lowest BCUT2D eigenvalue weighted by Crippen LogP contribution is -2.37. The van der Waals surface area contributed by atoms with Gasteiger partial charge in [-0.05, 0) is 36.2 Å². The molecule has 0 spiro atoms. The van der Waals surface area contributed by atoms with E-state index >= 15 is 0 Å². The van der Waals surface area contributed by atoms with Gasteiger partial charge in [0.25, 0.3) is 10.0 Å². The van der Waals surface area contributed by atoms with E-state index in [2.05, 4.69) is 10.0 Å². The van der Waals surface area contributed by atoms with Gasteiger partial charge in [0.1, 0.15) is 10.0 Å². The molecule has 1 heterocycles. The van der Waals surface area contributed by atoms with E-state index in [4.69, 9.17) is 11.6 Å². The lowest BCUT2D eigenvalue weighted by atomic mass is 10.1. The second kappa shape index (κ2) is 7.87. The topological polar surface area (TPSA) is 75.3 Å². The number of amides is 1. The van der Waals surface area contributed by atoms with Crippen LogP contribution in [0.4, 0.5) is 4.39 Å². The number of hydrogen-bond acceptors (Lipinski definition) is 4. The van der Waals surface area contributed by atoms with Crippen molar-refractivity contribution in [3.05, 3.63) is 52.1 Å². The zero-order valence-electron chi connectivity index (χ0n) is 11.9. The van der Waals surface area contributed by atoms with E-state index in [0.717, 1.165) is 16.9 Å². The van der Waals surface area contributed by atoms with Crippen LogP contribution in [0.25, 0.3) is 0 Å². The molecule has 0 saturated heterocycles. The van der Waals surface area contributed by atoms with Crippen LogP contribution >= 0.6 is 22.9 Å². The molecular weight excluding hydrogens is 363 g/mol. The van der Waals surface area contributed by atoms with Crippen molar-refractivity contribution in [1.82, 2.24) is 10.0 Å². The molecule has 0 saturated carbocycles. The van der Waals surface area contributed by atoms with Crippen molar-refractivity contribution in [2.75, 3.05) is 13.1 Å². The number of nitrogens with one attached hydrogen (secondary N) is 2. The van der Waals surface area contributed by atoms with E-state index in [1.54, 1.807) is 12.1 Å². The van der Waals surface area contributed by atoms with Gasteiger partial charge in [-0.25, -0.2) is 17.5 Å². The Morgan fingerprint density at radius 1 is 1.26 bits per heavy atom. The Morgan fingerprint density at radius 3 is 2.70 bits per heavy atom. The molecule has 0 radical (unpaired) electrons. The first-order valence-electron chi connectivity index (χ1n) is 6.63. The summed E-state index contributed by atoms with van der Waals surface area (Å²) in [6.45, 7) is -0.0875. The number of hydrogen-bond donors (Lipinski definition) is 2. The maximum absolute atomic E-state index is 13.0. The monoisotopic (exact) mass is 376 g/mol. The summed E-state index contributed by atoms with van der Waals surface area (Å²) in [5.74, 6) is -0.802. The fraction of sp³-hybridized carbons (Fsp3) is 0.214. The van der Waals surface area contributed by atoms with Gasteiger partial charge in [-0.1, -0.05) is 23.7 Å². The fourth-order valence-electron chi connectivity index (χ4n) is 1.78. The Morgan fingerprint density at radius 2 is 2.04 bits per heavy atom. The molecule has 5 nitrogen and oxygen atoms in total. The molecule has 0 fully saturated rings. The largest absolute Gasteiger partial charge is 0.355 e. The van der Waals surface area contributed by atoms with Crippen molar-refractivity contribution in [2.45, 2.75) is 10.6 Å². The quantitative estimate of drug-likeness (QED) is 0.777. The Labute approximate surface area is 142 Å². The summed E-state index contributed by atoms with van der Waals surface area (Å²) in [4.78, 5) is 11.6. The van der Waals surface area contributed by atoms with E-state index in [-0.39, 0.29) is 23.1 Å². The van der Waals surface area contributed by atoms with Gasteiger partial charge in [-0.15, -0.1) is 11.3 Å². The number of rotatable bonds is 7. The van der Waals surface area contributed by atoms with Crippen LogP contribution in [0.5, 0.6) is 0 Å². The van der Waals surface area contributed by atoms with Gasteiger partial charge in [-0.3, -0.25) is 4.79 Å². The van der Waals surface area contributed by atoms with Crippen LogP contribution < -0.4 is 10.0 Å². The van der Waals surface area contributed by atoms with Crippen LogP contribution in [0.1, 0.15) is 5.56 Å². The molecule has 0 aliphatic carbocycles. The van der Waals surface area contributed by atoms with Gasteiger partial charge >= 0.3 is 0 Å². The third-order valence-electron chi connectivity index (χ3n) is 2.86. The average molecular weight is 377 g/mol. The summed E-state index contributed by atoms with van der Waals surface area (Å²) in [5, 5.41) is 2.57. The predicted molar refractivity (Wildman–Crippen MR) is 87.6 cm³/mol. The molecule has 2 aromatic rings. The van der Waals surface area contributed by atoms with E-state index in [1.165, 1.54) is 24.3 Å². The first kappa shape index (κ1) is 17.9. The van der Waals surface area contributed by atoms with Gasteiger partial charge < -0.3 is 5.32 Å². The lowest BCUT2D eigenvalue weighted by molar-refractivity contribution is -0.119. The zero-order valence-corrected chi connectivity index (χ0v) is 14.3. The Kier molecular flexibility index (Phi) is 6.11. The molecule has 1 amide bonds. The highest BCUT2D eigenvalue weighted by molar-refractivity contribution is 7.91. The minimum absolute atomic E-state index is 0.0510. The Bertz CT molecular complexity index is 793. The normalized spacial score (nSPS) is 11.4. The number of carbonyl (C=O) groups excluding carboxylic acids is 1. The summed E-state index contributed by atoms with van der Waals surface area (Å²) in [5.41, 5.74) is 0.749. The average Bonchev–Trinajstić information content (AvgIpc) is 2.93. The van der Waals surface area contributed by atoms with E-state index in [9.17, 15) is 17.6 Å². The highest BCUT2D eigenvalue weighted by atomic mass is 35.5. The van der Waals surface area contributed by atoms with Crippen LogP contribution in [-0.4, -0.2) is 27.4 Å². The molecule has 1 aromatic carbocycles. The maximum Gasteiger partial charge on any atom is 0.250 e. The zero-order chi connectivity index (χ0) is 16.9. The van der Waals surface area contributed by atoms with E-state index < -0.39 is 15.9 Å². The second-order valence-electron chi connectivity index (χ2n) is 4.61. The van der Waals surface area contributed by atoms with Gasteiger partial charge in [0, 0.05) is 6.54 Å². The van der Waals surface area contributed by atoms with Crippen LogP contribution in [0.15, 0.2) is 40.6 Å². The number of carbonyl (C=O) groups is 1. The van der Waals surface area contributed by atoms with Crippen LogP contribution in [-0.2, 0) is 21.2 Å². The number of benzene rings is 1. The van der Waals surface area contributed by atoms with Gasteiger partial charge in [0.2, 0.25) is 5.91 Å². The van der Waals surface area contributed by atoms with E-state index in [1.807, 2.05) is 0 Å². The van der Waals surface area contributed by atoms with E-state index in [0.29, 0.717) is 10.8 Å². The molecule has 0 aliphatic rings. The van der Waals surface area contributed by atoms with Crippen molar-refractivity contribution in [1.29, 1.82) is 0 Å². The van der Waals surface area contributed by atoms with Gasteiger partial charge in [0.05, 0.1) is 10.9 Å². The molecule has 1 aromatic heterocycles. The first-order valence-corrected chi connectivity index (χ1v) is 9.31. The molecule has 9 heteroatoms. The molecule has 124 valence electrons. The number of halogens is 2. The standard InChI is InChI=1S/C14H14ClFN2O3S2/c15-12-4-5-14(22-12)23(20,21)18-9-13(19)17-7-6-10-2-1-3-11(16)8-10/h1-5,8,18H,6-7,9H2,(H,17,19). The molecule has 0 unspecified atom stereocenters. The van der Waals surface area contributed by atoms with Gasteiger partial charge in [0.15, 0.2) is 0 Å². The number of thiophene rings is 1. The molecular formula is C14H14ClFN2O3S2. The molecule has 2 N–H and O–H groups in total. The molecule has 0 bridgehead atoms. The second-order valence-corrected chi connectivity index (χ2v) is 8.32. The SMILES string of the molecule is O=C(CNS(=O)(=O)c1ccc(Cl)s1)NCCc1cccc(F)c1. The van der Waals surface area contributed by atoms with Crippen molar-refractivity contribution in [3.63, 3.8) is 0 Å². The maximum atomic E-state index is 13.0. The summed E-state index contributed by atoms with van der Waals surface area (Å²) in [6.07, 6.45) is 0.455. The van der Waals surface area contributed by atoms with Gasteiger partial charge in [-0.2, -0.15) is 0 Å². The van der Waals surface area contributed by atoms with Crippen molar-refractivity contribution in [3.8, 4) is 0 Å². The Balaban J connectivity index is 1.77. The fourth-order valence-corrected chi connectivity index (χ4v) is 4.28. The summed E-state index contributed by atoms with van der Waals surface area (Å²) < 4.78 is 39.4. The molecule has 2 rings (SSSR count). The minimum Gasteiger partial charge on any atom is -0.355 e. The third kappa shape index (κ3) is 5.58. The predicted octanol–water partition coefficient (Wildman–Crippen LogP) is 2.18. The van der Waals surface area contributed by atoms with Crippen LogP contribution in [0.2, 0.25) is 4.34 Å². The number of sulfonamides is 1. The minimum atomic E-state index is -3.74. The summed E-state index contributed by atoms with van der Waals surface area (Å²) >= 11 is 6.60. The summed E-state index contributed by atoms with van der Waals surface area (Å²) in [6, 6.07) is 8.91. The van der Waals surface area contributed by atoms with Crippen molar-refractivity contribution < 1.29 is 17.6 Å². The van der Waals surface area contributed by atoms with Crippen LogP contribution in [0, 0.1) is 5.82 Å². The highest BCUT2D eigenvalue weighted by Crippen LogP contribution is 2.25. The third-order valence-corrected chi connectivity index (χ3v) is 5.99. The van der Waals surface area contributed by atoms with Crippen molar-refractivity contribution in [2.24, 2.45) is 0 Å². The molecule has 23 heavy (non-hydrogen) atoms. The molecule has 0 aliphatic heterocycles.